The molecule has 0 aliphatic heterocycles. The number of nitrogens with zero attached hydrogens (tertiary/aromatic N) is 6. The standard InChI is InChI=1S/C12H13N7/c1-18-16-11(15-17-18)8-19-6-5-14-12(19)9-3-2-4-10(13)7-9/h2-7H,8,13H2,1H3. The number of nitrogen functional groups attached to an aromatic ring is 1. The van der Waals surface area contributed by atoms with Crippen LogP contribution in [0, 0.1) is 0 Å². The predicted octanol–water partition coefficient (Wildman–Crippen LogP) is 0.704. The summed E-state index contributed by atoms with van der Waals surface area (Å²) in [5.41, 5.74) is 7.47. The first-order valence-corrected chi connectivity index (χ1v) is 5.82. The summed E-state index contributed by atoms with van der Waals surface area (Å²) in [4.78, 5) is 5.79. The molecule has 0 radical (unpaired) electrons. The van der Waals surface area contributed by atoms with E-state index in [9.17, 15) is 0 Å². The Hall–Kier alpha value is -2.70. The van der Waals surface area contributed by atoms with Gasteiger partial charge in [-0.1, -0.05) is 12.1 Å². The van der Waals surface area contributed by atoms with Crippen molar-refractivity contribution in [2.24, 2.45) is 7.05 Å². The molecular formula is C12H13N7. The van der Waals surface area contributed by atoms with Crippen LogP contribution in [-0.2, 0) is 13.6 Å². The third-order valence-corrected chi connectivity index (χ3v) is 2.72. The van der Waals surface area contributed by atoms with Crippen LogP contribution < -0.4 is 5.73 Å². The molecule has 96 valence electrons. The van der Waals surface area contributed by atoms with Crippen molar-refractivity contribution in [3.63, 3.8) is 0 Å². The molecule has 3 aromatic rings. The summed E-state index contributed by atoms with van der Waals surface area (Å²) in [6.07, 6.45) is 3.63. The van der Waals surface area contributed by atoms with Crippen LogP contribution in [-0.4, -0.2) is 29.8 Å². The quantitative estimate of drug-likeness (QED) is 0.696. The first-order valence-electron chi connectivity index (χ1n) is 5.82. The summed E-state index contributed by atoms with van der Waals surface area (Å²) in [7, 11) is 1.74. The number of nitrogens with two attached hydrogens (primary N) is 1. The van der Waals surface area contributed by atoms with E-state index in [1.165, 1.54) is 4.80 Å². The Balaban J connectivity index is 1.94. The minimum Gasteiger partial charge on any atom is -0.399 e. The maximum absolute atomic E-state index is 5.80. The van der Waals surface area contributed by atoms with Crippen LogP contribution in [0.5, 0.6) is 0 Å². The number of rotatable bonds is 3. The second-order valence-corrected chi connectivity index (χ2v) is 4.20. The van der Waals surface area contributed by atoms with Gasteiger partial charge in [0, 0.05) is 23.6 Å². The van der Waals surface area contributed by atoms with Crippen LogP contribution in [0.15, 0.2) is 36.7 Å². The highest BCUT2D eigenvalue weighted by molar-refractivity contribution is 5.61. The molecule has 0 fully saturated rings. The molecule has 2 aromatic heterocycles. The maximum atomic E-state index is 5.80. The Morgan fingerprint density at radius 1 is 1.32 bits per heavy atom. The lowest BCUT2D eigenvalue weighted by Crippen LogP contribution is -2.03. The van der Waals surface area contributed by atoms with Gasteiger partial charge in [-0.3, -0.25) is 0 Å². The van der Waals surface area contributed by atoms with E-state index in [1.807, 2.05) is 35.0 Å². The predicted molar refractivity (Wildman–Crippen MR) is 70.0 cm³/mol. The normalized spacial score (nSPS) is 10.8. The number of benzene rings is 1. The maximum Gasteiger partial charge on any atom is 0.194 e. The number of anilines is 1. The third kappa shape index (κ3) is 2.30. The van der Waals surface area contributed by atoms with Gasteiger partial charge in [-0.25, -0.2) is 4.98 Å². The first-order chi connectivity index (χ1) is 9.22. The lowest BCUT2D eigenvalue weighted by Gasteiger charge is -2.05. The molecule has 0 atom stereocenters. The molecule has 0 amide bonds. The fourth-order valence-corrected chi connectivity index (χ4v) is 1.91. The molecule has 0 aliphatic carbocycles. The Bertz CT molecular complexity index is 697. The highest BCUT2D eigenvalue weighted by atomic mass is 15.6. The van der Waals surface area contributed by atoms with Crippen molar-refractivity contribution < 1.29 is 0 Å². The molecule has 0 bridgehead atoms. The molecule has 0 spiro atoms. The van der Waals surface area contributed by atoms with E-state index in [0.29, 0.717) is 18.1 Å². The smallest absolute Gasteiger partial charge is 0.194 e. The van der Waals surface area contributed by atoms with E-state index in [4.69, 9.17) is 5.73 Å². The lowest BCUT2D eigenvalue weighted by atomic mass is 10.2. The molecule has 0 saturated heterocycles. The van der Waals surface area contributed by atoms with Crippen LogP contribution >= 0.6 is 0 Å². The number of hydrogen-bond donors (Lipinski definition) is 1. The summed E-state index contributed by atoms with van der Waals surface area (Å²) < 4.78 is 1.96. The van der Waals surface area contributed by atoms with Crippen LogP contribution in [0.1, 0.15) is 5.82 Å². The Kier molecular flexibility index (Phi) is 2.71. The Morgan fingerprint density at radius 2 is 2.21 bits per heavy atom. The molecule has 7 nitrogen and oxygen atoms in total. The average molecular weight is 255 g/mol. The van der Waals surface area contributed by atoms with Gasteiger partial charge in [0.2, 0.25) is 0 Å². The highest BCUT2D eigenvalue weighted by Gasteiger charge is 2.09. The topological polar surface area (TPSA) is 87.4 Å². The molecule has 0 unspecified atom stereocenters. The van der Waals surface area contributed by atoms with Gasteiger partial charge in [-0.2, -0.15) is 4.80 Å². The van der Waals surface area contributed by atoms with Crippen molar-refractivity contribution >= 4 is 5.69 Å². The molecule has 3 rings (SSSR count). The van der Waals surface area contributed by atoms with Crippen LogP contribution in [0.2, 0.25) is 0 Å². The van der Waals surface area contributed by atoms with Gasteiger partial charge in [0.05, 0.1) is 13.6 Å². The zero-order valence-electron chi connectivity index (χ0n) is 10.4. The van der Waals surface area contributed by atoms with E-state index in [-0.39, 0.29) is 0 Å². The van der Waals surface area contributed by atoms with Crippen molar-refractivity contribution in [2.45, 2.75) is 6.54 Å². The minimum absolute atomic E-state index is 0.526. The molecule has 0 aliphatic rings. The minimum atomic E-state index is 0.526. The zero-order valence-corrected chi connectivity index (χ0v) is 10.4. The SMILES string of the molecule is Cn1nnc(Cn2ccnc2-c2cccc(N)c2)n1. The van der Waals surface area contributed by atoms with Crippen LogP contribution in [0.25, 0.3) is 11.4 Å². The first kappa shape index (κ1) is 11.4. The molecule has 7 heteroatoms. The number of imidazole rings is 1. The van der Waals surface area contributed by atoms with E-state index in [0.717, 1.165) is 11.4 Å². The van der Waals surface area contributed by atoms with Crippen molar-refractivity contribution in [1.82, 2.24) is 29.8 Å². The highest BCUT2D eigenvalue weighted by Crippen LogP contribution is 2.20. The number of hydrogen-bond acceptors (Lipinski definition) is 5. The largest absolute Gasteiger partial charge is 0.399 e. The van der Waals surface area contributed by atoms with Gasteiger partial charge in [0.15, 0.2) is 5.82 Å². The van der Waals surface area contributed by atoms with Gasteiger partial charge in [-0.05, 0) is 17.3 Å². The van der Waals surface area contributed by atoms with Crippen LogP contribution in [0.4, 0.5) is 5.69 Å². The van der Waals surface area contributed by atoms with Crippen molar-refractivity contribution in [3.05, 3.63) is 42.5 Å². The molecular weight excluding hydrogens is 242 g/mol. The zero-order chi connectivity index (χ0) is 13.2. The van der Waals surface area contributed by atoms with Crippen molar-refractivity contribution in [1.29, 1.82) is 0 Å². The number of aromatic nitrogens is 6. The van der Waals surface area contributed by atoms with E-state index >= 15 is 0 Å². The van der Waals surface area contributed by atoms with Gasteiger partial charge >= 0.3 is 0 Å². The van der Waals surface area contributed by atoms with Crippen molar-refractivity contribution in [2.75, 3.05) is 5.73 Å². The number of tetrazole rings is 1. The van der Waals surface area contributed by atoms with Gasteiger partial charge in [-0.15, -0.1) is 10.2 Å². The van der Waals surface area contributed by atoms with E-state index < -0.39 is 0 Å². The molecule has 2 heterocycles. The molecule has 0 saturated carbocycles. The summed E-state index contributed by atoms with van der Waals surface area (Å²) in [6, 6.07) is 7.62. The molecule has 2 N–H and O–H groups in total. The second-order valence-electron chi connectivity index (χ2n) is 4.20. The summed E-state index contributed by atoms with van der Waals surface area (Å²) in [6.45, 7) is 0.526. The fourth-order valence-electron chi connectivity index (χ4n) is 1.91. The average Bonchev–Trinajstić information content (AvgIpc) is 2.99. The van der Waals surface area contributed by atoms with E-state index in [1.54, 1.807) is 13.2 Å². The summed E-state index contributed by atoms with van der Waals surface area (Å²) in [5.74, 6) is 1.48. The monoisotopic (exact) mass is 255 g/mol. The molecule has 1 aromatic carbocycles. The molecule has 19 heavy (non-hydrogen) atoms. The lowest BCUT2D eigenvalue weighted by molar-refractivity contribution is 0.625. The Labute approximate surface area is 109 Å². The van der Waals surface area contributed by atoms with Gasteiger partial charge in [0.25, 0.3) is 0 Å². The number of aryl methyl sites for hydroxylation is 1. The van der Waals surface area contributed by atoms with Gasteiger partial charge in [0.1, 0.15) is 5.82 Å². The van der Waals surface area contributed by atoms with Crippen molar-refractivity contribution in [3.8, 4) is 11.4 Å². The second kappa shape index (κ2) is 4.52. The van der Waals surface area contributed by atoms with E-state index in [2.05, 4.69) is 20.4 Å². The Morgan fingerprint density at radius 3 is 2.95 bits per heavy atom. The summed E-state index contributed by atoms with van der Waals surface area (Å²) in [5, 5.41) is 11.9. The fraction of sp³-hybridized carbons (Fsp3) is 0.167. The third-order valence-electron chi connectivity index (χ3n) is 2.72. The van der Waals surface area contributed by atoms with Gasteiger partial charge < -0.3 is 10.3 Å². The summed E-state index contributed by atoms with van der Waals surface area (Å²) >= 11 is 0. The van der Waals surface area contributed by atoms with Crippen LogP contribution in [0.3, 0.4) is 0 Å².